The summed E-state index contributed by atoms with van der Waals surface area (Å²) in [5.41, 5.74) is 6.41. The Balaban J connectivity index is 1.43. The van der Waals surface area contributed by atoms with E-state index in [1.165, 1.54) is 77.8 Å². The molecule has 0 spiro atoms. The van der Waals surface area contributed by atoms with Gasteiger partial charge in [-0.2, -0.15) is 0 Å². The van der Waals surface area contributed by atoms with E-state index in [9.17, 15) is 22.4 Å². The fourth-order valence-corrected chi connectivity index (χ4v) is 4.23. The number of carbonyl (C=O) groups is 2. The van der Waals surface area contributed by atoms with E-state index in [0.29, 0.717) is 5.69 Å². The predicted octanol–water partition coefficient (Wildman–Crippen LogP) is 3.20. The number of hydrogen-bond acceptors (Lipinski definition) is 5. The molecule has 4 rings (SSSR count). The first-order valence-electron chi connectivity index (χ1n) is 10.3. The molecule has 0 atom stereocenters. The molecule has 0 saturated carbocycles. The minimum absolute atomic E-state index is 0.0861. The molecule has 0 fully saturated rings. The largest absolute Gasteiger partial charge is 0.295 e. The lowest BCUT2D eigenvalue weighted by molar-refractivity contribution is 0.0843. The van der Waals surface area contributed by atoms with Crippen molar-refractivity contribution in [1.82, 2.24) is 20.4 Å². The Bertz CT molecular complexity index is 1480. The molecule has 0 aliphatic carbocycles. The third-order valence-electron chi connectivity index (χ3n) is 4.97. The summed E-state index contributed by atoms with van der Waals surface area (Å²) in [6.07, 6.45) is 2.68. The van der Waals surface area contributed by atoms with Gasteiger partial charge < -0.3 is 0 Å². The monoisotopic (exact) mass is 493 g/mol. The van der Waals surface area contributed by atoms with Crippen molar-refractivity contribution < 1.29 is 22.4 Å². The predicted molar refractivity (Wildman–Crippen MR) is 127 cm³/mol. The van der Waals surface area contributed by atoms with Gasteiger partial charge in [0.05, 0.1) is 17.4 Å². The van der Waals surface area contributed by atoms with E-state index < -0.39 is 27.7 Å². The molecule has 0 saturated heterocycles. The third kappa shape index (κ3) is 5.53. The highest BCUT2D eigenvalue weighted by atomic mass is 32.2. The van der Waals surface area contributed by atoms with E-state index in [1.54, 1.807) is 12.1 Å². The molecule has 9 nitrogen and oxygen atoms in total. The van der Waals surface area contributed by atoms with Crippen molar-refractivity contribution in [2.45, 2.75) is 11.8 Å². The Hall–Kier alpha value is -4.51. The standard InChI is InChI=1S/C24H20FN5O4S/c1-16-5-11-21(12-6-16)35(33,34)29-19-4-2-3-17(13-19)23(31)27-28-24(32)22-14-26-15-30(22)20-9-7-18(25)8-10-20/h2-15,29H,1H3,(H,27,31)(H,28,32). The molecule has 1 aromatic heterocycles. The van der Waals surface area contributed by atoms with Gasteiger partial charge in [0.1, 0.15) is 11.5 Å². The van der Waals surface area contributed by atoms with E-state index in [4.69, 9.17) is 0 Å². The van der Waals surface area contributed by atoms with Crippen LogP contribution in [0.3, 0.4) is 0 Å². The average molecular weight is 494 g/mol. The highest BCUT2D eigenvalue weighted by molar-refractivity contribution is 7.92. The maximum absolute atomic E-state index is 13.2. The lowest BCUT2D eigenvalue weighted by Gasteiger charge is -2.11. The number of anilines is 1. The van der Waals surface area contributed by atoms with Crippen LogP contribution in [0.25, 0.3) is 5.69 Å². The van der Waals surface area contributed by atoms with Crippen molar-refractivity contribution in [3.05, 3.63) is 108 Å². The van der Waals surface area contributed by atoms with Crippen LogP contribution in [0.4, 0.5) is 10.1 Å². The van der Waals surface area contributed by atoms with Crippen molar-refractivity contribution in [3.8, 4) is 5.69 Å². The SMILES string of the molecule is Cc1ccc(S(=O)(=O)Nc2cccc(C(=O)NNC(=O)c3cncn3-c3ccc(F)cc3)c2)cc1. The van der Waals surface area contributed by atoms with Crippen LogP contribution < -0.4 is 15.6 Å². The first kappa shape index (κ1) is 23.6. The lowest BCUT2D eigenvalue weighted by atomic mass is 10.2. The van der Waals surface area contributed by atoms with Gasteiger partial charge in [-0.1, -0.05) is 23.8 Å². The quantitative estimate of drug-likeness (QED) is 0.356. The highest BCUT2D eigenvalue weighted by Gasteiger charge is 2.17. The summed E-state index contributed by atoms with van der Waals surface area (Å²) in [5.74, 6) is -1.74. The number of sulfonamides is 1. The number of aryl methyl sites for hydroxylation is 1. The number of hydrazine groups is 1. The maximum atomic E-state index is 13.2. The number of benzene rings is 3. The molecule has 0 radical (unpaired) electrons. The molecule has 178 valence electrons. The fraction of sp³-hybridized carbons (Fsp3) is 0.0417. The minimum Gasteiger partial charge on any atom is -0.295 e. The minimum atomic E-state index is -3.85. The van der Waals surface area contributed by atoms with Gasteiger partial charge >= 0.3 is 0 Å². The number of carbonyl (C=O) groups excluding carboxylic acids is 2. The van der Waals surface area contributed by atoms with Crippen LogP contribution in [0.2, 0.25) is 0 Å². The zero-order valence-corrected chi connectivity index (χ0v) is 19.2. The van der Waals surface area contributed by atoms with Gasteiger partial charge in [-0.25, -0.2) is 17.8 Å². The Morgan fingerprint density at radius 2 is 1.60 bits per heavy atom. The van der Waals surface area contributed by atoms with E-state index in [2.05, 4.69) is 20.6 Å². The third-order valence-corrected chi connectivity index (χ3v) is 6.37. The summed E-state index contributed by atoms with van der Waals surface area (Å²) in [4.78, 5) is 29.2. The number of nitrogens with zero attached hydrogens (tertiary/aromatic N) is 2. The second kappa shape index (κ2) is 9.77. The van der Waals surface area contributed by atoms with Crippen molar-refractivity contribution in [2.24, 2.45) is 0 Å². The van der Waals surface area contributed by atoms with Gasteiger partial charge in [0.15, 0.2) is 0 Å². The van der Waals surface area contributed by atoms with Gasteiger partial charge in [-0.15, -0.1) is 0 Å². The normalized spacial score (nSPS) is 11.0. The van der Waals surface area contributed by atoms with Gasteiger partial charge in [0, 0.05) is 16.9 Å². The zero-order chi connectivity index (χ0) is 25.0. The summed E-state index contributed by atoms with van der Waals surface area (Å²) in [6.45, 7) is 1.85. The number of halogens is 1. The summed E-state index contributed by atoms with van der Waals surface area (Å²) < 4.78 is 42.3. The fourth-order valence-electron chi connectivity index (χ4n) is 3.18. The van der Waals surface area contributed by atoms with Crippen LogP contribution in [-0.4, -0.2) is 29.8 Å². The number of rotatable bonds is 6. The Kier molecular flexibility index (Phi) is 6.60. The molecule has 2 amide bonds. The van der Waals surface area contributed by atoms with E-state index in [0.717, 1.165) is 5.56 Å². The first-order chi connectivity index (χ1) is 16.7. The van der Waals surface area contributed by atoms with Gasteiger partial charge in [0.2, 0.25) is 0 Å². The number of hydrogen-bond donors (Lipinski definition) is 3. The van der Waals surface area contributed by atoms with E-state index >= 15 is 0 Å². The molecular weight excluding hydrogens is 473 g/mol. The Morgan fingerprint density at radius 1 is 0.914 bits per heavy atom. The van der Waals surface area contributed by atoms with Crippen molar-refractivity contribution in [3.63, 3.8) is 0 Å². The second-order valence-electron chi connectivity index (χ2n) is 7.53. The van der Waals surface area contributed by atoms with Crippen LogP contribution in [0.15, 0.2) is 90.2 Å². The van der Waals surface area contributed by atoms with Crippen LogP contribution in [0.5, 0.6) is 0 Å². The van der Waals surface area contributed by atoms with E-state index in [1.807, 2.05) is 6.92 Å². The Labute approximate surface area is 200 Å². The summed E-state index contributed by atoms with van der Waals surface area (Å²) >= 11 is 0. The zero-order valence-electron chi connectivity index (χ0n) is 18.4. The number of imidazole rings is 1. The number of nitrogens with one attached hydrogen (secondary N) is 3. The molecule has 35 heavy (non-hydrogen) atoms. The van der Waals surface area contributed by atoms with Gasteiger partial charge in [-0.3, -0.25) is 29.7 Å². The molecule has 0 bridgehead atoms. The van der Waals surface area contributed by atoms with Gasteiger partial charge in [-0.05, 0) is 61.5 Å². The molecule has 0 aliphatic heterocycles. The average Bonchev–Trinajstić information content (AvgIpc) is 3.33. The summed E-state index contributed by atoms with van der Waals surface area (Å²) in [7, 11) is -3.85. The number of amides is 2. The topological polar surface area (TPSA) is 122 Å². The van der Waals surface area contributed by atoms with Crippen LogP contribution >= 0.6 is 0 Å². The molecule has 3 N–H and O–H groups in total. The molecule has 0 unspecified atom stereocenters. The molecule has 0 aliphatic rings. The van der Waals surface area contributed by atoms with Crippen LogP contribution in [-0.2, 0) is 10.0 Å². The molecule has 3 aromatic carbocycles. The smallest absolute Gasteiger partial charge is 0.288 e. The van der Waals surface area contributed by atoms with Crippen LogP contribution in [0.1, 0.15) is 26.4 Å². The van der Waals surface area contributed by atoms with Crippen molar-refractivity contribution in [2.75, 3.05) is 4.72 Å². The lowest BCUT2D eigenvalue weighted by Crippen LogP contribution is -2.42. The second-order valence-corrected chi connectivity index (χ2v) is 9.22. The molecule has 1 heterocycles. The summed E-state index contributed by atoms with van der Waals surface area (Å²) in [6, 6.07) is 17.6. The molecule has 11 heteroatoms. The highest BCUT2D eigenvalue weighted by Crippen LogP contribution is 2.18. The summed E-state index contributed by atoms with van der Waals surface area (Å²) in [5, 5.41) is 0. The van der Waals surface area contributed by atoms with Gasteiger partial charge in [0.25, 0.3) is 21.8 Å². The van der Waals surface area contributed by atoms with E-state index in [-0.39, 0.29) is 21.8 Å². The Morgan fingerprint density at radius 3 is 2.31 bits per heavy atom. The van der Waals surface area contributed by atoms with Crippen molar-refractivity contribution in [1.29, 1.82) is 0 Å². The maximum Gasteiger partial charge on any atom is 0.288 e. The first-order valence-corrected chi connectivity index (χ1v) is 11.8. The molecule has 4 aromatic rings. The van der Waals surface area contributed by atoms with Crippen LogP contribution in [0, 0.1) is 12.7 Å². The number of aromatic nitrogens is 2. The van der Waals surface area contributed by atoms with Crippen molar-refractivity contribution >= 4 is 27.5 Å². The molecular formula is C24H20FN5O4S.